The molecule has 3 aromatic rings. The second kappa shape index (κ2) is 6.73. The van der Waals surface area contributed by atoms with Crippen molar-refractivity contribution in [3.8, 4) is 0 Å². The van der Waals surface area contributed by atoms with Crippen molar-refractivity contribution in [1.29, 1.82) is 0 Å². The van der Waals surface area contributed by atoms with E-state index in [9.17, 15) is 4.39 Å². The zero-order chi connectivity index (χ0) is 16.4. The first-order chi connectivity index (χ1) is 11.8. The number of rotatable bonds is 6. The number of nitrogens with zero attached hydrogens (tertiary/aromatic N) is 2. The van der Waals surface area contributed by atoms with Crippen molar-refractivity contribution in [2.24, 2.45) is 0 Å². The summed E-state index contributed by atoms with van der Waals surface area (Å²) in [5, 5.41) is 3.63. The van der Waals surface area contributed by atoms with Crippen LogP contribution in [0.2, 0.25) is 0 Å². The van der Waals surface area contributed by atoms with Gasteiger partial charge < -0.3 is 9.88 Å². The minimum Gasteiger partial charge on any atom is -0.331 e. The van der Waals surface area contributed by atoms with Crippen molar-refractivity contribution in [1.82, 2.24) is 14.9 Å². The lowest BCUT2D eigenvalue weighted by Gasteiger charge is -2.36. The van der Waals surface area contributed by atoms with E-state index in [4.69, 9.17) is 0 Å². The molecule has 4 heteroatoms. The lowest BCUT2D eigenvalue weighted by Crippen LogP contribution is -2.40. The first-order valence-electron chi connectivity index (χ1n) is 8.68. The predicted molar refractivity (Wildman–Crippen MR) is 94.5 cm³/mol. The topological polar surface area (TPSA) is 29.9 Å². The highest BCUT2D eigenvalue weighted by molar-refractivity contribution is 5.74. The molecule has 1 N–H and O–H groups in total. The van der Waals surface area contributed by atoms with Gasteiger partial charge in [-0.15, -0.1) is 0 Å². The van der Waals surface area contributed by atoms with Gasteiger partial charge in [0.05, 0.1) is 17.4 Å². The largest absolute Gasteiger partial charge is 0.331 e. The van der Waals surface area contributed by atoms with Crippen LogP contribution in [0.4, 0.5) is 4.39 Å². The van der Waals surface area contributed by atoms with Gasteiger partial charge in [-0.1, -0.05) is 24.3 Å². The van der Waals surface area contributed by atoms with Crippen LogP contribution < -0.4 is 5.32 Å². The van der Waals surface area contributed by atoms with Gasteiger partial charge in [0.1, 0.15) is 5.82 Å². The first kappa shape index (κ1) is 15.3. The normalized spacial score (nSPS) is 20.2. The summed E-state index contributed by atoms with van der Waals surface area (Å²) >= 11 is 0. The van der Waals surface area contributed by atoms with E-state index < -0.39 is 0 Å². The van der Waals surface area contributed by atoms with E-state index in [-0.39, 0.29) is 5.82 Å². The molecule has 1 saturated carbocycles. The van der Waals surface area contributed by atoms with Gasteiger partial charge in [-0.2, -0.15) is 0 Å². The zero-order valence-electron chi connectivity index (χ0n) is 13.7. The van der Waals surface area contributed by atoms with E-state index in [0.717, 1.165) is 37.9 Å². The van der Waals surface area contributed by atoms with Gasteiger partial charge in [0.2, 0.25) is 0 Å². The van der Waals surface area contributed by atoms with Crippen LogP contribution >= 0.6 is 0 Å². The Bertz CT molecular complexity index is 803. The number of halogens is 1. The average Bonchev–Trinajstić information content (AvgIpc) is 2.98. The molecule has 1 aromatic heterocycles. The summed E-state index contributed by atoms with van der Waals surface area (Å²) in [4.78, 5) is 4.43. The van der Waals surface area contributed by atoms with Gasteiger partial charge in [-0.25, -0.2) is 9.37 Å². The summed E-state index contributed by atoms with van der Waals surface area (Å²) in [5.74, 6) is 0.431. The molecule has 0 unspecified atom stereocenters. The van der Waals surface area contributed by atoms with Crippen LogP contribution in [0.25, 0.3) is 11.0 Å². The first-order valence-corrected chi connectivity index (χ1v) is 8.68. The Morgan fingerprint density at radius 2 is 1.88 bits per heavy atom. The standard InChI is InChI=1S/C20H22FN3/c21-17-8-6-15(7-9-17)16-12-18(13-16)22-10-3-11-24-14-23-19-4-1-2-5-20(19)24/h1-2,4-9,14,16,18,22H,3,10-13H2. The Kier molecular flexibility index (Phi) is 4.30. The Balaban J connectivity index is 1.20. The van der Waals surface area contributed by atoms with Crippen LogP contribution in [0, 0.1) is 5.82 Å². The maximum Gasteiger partial charge on any atom is 0.123 e. The number of fused-ring (bicyclic) bond motifs is 1. The average molecular weight is 323 g/mol. The molecule has 1 aliphatic carbocycles. The molecule has 0 spiro atoms. The molecule has 1 fully saturated rings. The van der Waals surface area contributed by atoms with E-state index >= 15 is 0 Å². The molecular weight excluding hydrogens is 301 g/mol. The second-order valence-corrected chi connectivity index (χ2v) is 6.65. The number of hydrogen-bond acceptors (Lipinski definition) is 2. The molecule has 1 heterocycles. The molecule has 0 radical (unpaired) electrons. The minimum atomic E-state index is -0.153. The molecular formula is C20H22FN3. The fourth-order valence-electron chi connectivity index (χ4n) is 3.54. The summed E-state index contributed by atoms with van der Waals surface area (Å²) in [6.45, 7) is 2.01. The molecule has 4 rings (SSSR count). The molecule has 2 aromatic carbocycles. The van der Waals surface area contributed by atoms with Crippen LogP contribution in [0.3, 0.4) is 0 Å². The third-order valence-electron chi connectivity index (χ3n) is 5.02. The van der Waals surface area contributed by atoms with Crippen LogP contribution in [-0.4, -0.2) is 22.1 Å². The van der Waals surface area contributed by atoms with Crippen LogP contribution in [0.1, 0.15) is 30.7 Å². The smallest absolute Gasteiger partial charge is 0.123 e. The number of nitrogens with one attached hydrogen (secondary N) is 1. The Morgan fingerprint density at radius 3 is 2.71 bits per heavy atom. The predicted octanol–water partition coefficient (Wildman–Crippen LogP) is 4.10. The second-order valence-electron chi connectivity index (χ2n) is 6.65. The SMILES string of the molecule is Fc1ccc(C2CC(NCCCn3cnc4ccccc43)C2)cc1. The number of imidazole rings is 1. The van der Waals surface area contributed by atoms with Gasteiger partial charge in [-0.3, -0.25) is 0 Å². The zero-order valence-corrected chi connectivity index (χ0v) is 13.7. The number of aryl methyl sites for hydroxylation is 1. The summed E-state index contributed by atoms with van der Waals surface area (Å²) in [6.07, 6.45) is 5.33. The van der Waals surface area contributed by atoms with Crippen LogP contribution in [0.15, 0.2) is 54.9 Å². The summed E-state index contributed by atoms with van der Waals surface area (Å²) in [7, 11) is 0. The minimum absolute atomic E-state index is 0.153. The molecule has 124 valence electrons. The lowest BCUT2D eigenvalue weighted by molar-refractivity contribution is 0.289. The number of aromatic nitrogens is 2. The Labute approximate surface area is 141 Å². The maximum absolute atomic E-state index is 12.9. The van der Waals surface area contributed by atoms with Gasteiger partial charge in [0.15, 0.2) is 0 Å². The van der Waals surface area contributed by atoms with E-state index in [0.29, 0.717) is 12.0 Å². The molecule has 0 saturated heterocycles. The van der Waals surface area contributed by atoms with E-state index in [2.05, 4.69) is 27.0 Å². The number of hydrogen-bond donors (Lipinski definition) is 1. The van der Waals surface area contributed by atoms with E-state index in [1.807, 2.05) is 30.6 Å². The summed E-state index contributed by atoms with van der Waals surface area (Å²) in [5.41, 5.74) is 3.53. The van der Waals surface area contributed by atoms with E-state index in [1.54, 1.807) is 12.1 Å². The van der Waals surface area contributed by atoms with Gasteiger partial charge in [-0.05, 0) is 61.6 Å². The van der Waals surface area contributed by atoms with Crippen molar-refractivity contribution in [2.45, 2.75) is 37.8 Å². The highest BCUT2D eigenvalue weighted by Crippen LogP contribution is 2.36. The fourth-order valence-corrected chi connectivity index (χ4v) is 3.54. The summed E-state index contributed by atoms with van der Waals surface area (Å²) in [6, 6.07) is 15.8. The third-order valence-corrected chi connectivity index (χ3v) is 5.02. The van der Waals surface area contributed by atoms with Gasteiger partial charge in [0, 0.05) is 12.6 Å². The highest BCUT2D eigenvalue weighted by Gasteiger charge is 2.29. The quantitative estimate of drug-likeness (QED) is 0.692. The van der Waals surface area contributed by atoms with Crippen LogP contribution in [0.5, 0.6) is 0 Å². The molecule has 3 nitrogen and oxygen atoms in total. The van der Waals surface area contributed by atoms with Crippen LogP contribution in [-0.2, 0) is 6.54 Å². The molecule has 0 atom stereocenters. The molecule has 0 aliphatic heterocycles. The maximum atomic E-state index is 12.9. The number of para-hydroxylation sites is 2. The van der Waals surface area contributed by atoms with Gasteiger partial charge >= 0.3 is 0 Å². The monoisotopic (exact) mass is 323 g/mol. The molecule has 0 amide bonds. The van der Waals surface area contributed by atoms with Crippen molar-refractivity contribution in [3.05, 3.63) is 66.2 Å². The molecule has 0 bridgehead atoms. The number of benzene rings is 2. The van der Waals surface area contributed by atoms with E-state index in [1.165, 1.54) is 11.1 Å². The Hall–Kier alpha value is -2.20. The fraction of sp³-hybridized carbons (Fsp3) is 0.350. The third kappa shape index (κ3) is 3.20. The van der Waals surface area contributed by atoms with Crippen molar-refractivity contribution < 1.29 is 4.39 Å². The van der Waals surface area contributed by atoms with Crippen molar-refractivity contribution in [3.63, 3.8) is 0 Å². The van der Waals surface area contributed by atoms with Gasteiger partial charge in [0.25, 0.3) is 0 Å². The molecule has 1 aliphatic rings. The summed E-state index contributed by atoms with van der Waals surface area (Å²) < 4.78 is 15.2. The highest BCUT2D eigenvalue weighted by atomic mass is 19.1. The lowest BCUT2D eigenvalue weighted by atomic mass is 9.76. The Morgan fingerprint density at radius 1 is 1.08 bits per heavy atom. The van der Waals surface area contributed by atoms with Crippen molar-refractivity contribution >= 4 is 11.0 Å². The molecule has 24 heavy (non-hydrogen) atoms. The van der Waals surface area contributed by atoms with Crippen molar-refractivity contribution in [2.75, 3.05) is 6.54 Å².